The summed E-state index contributed by atoms with van der Waals surface area (Å²) in [5.74, 6) is -0.0161. The van der Waals surface area contributed by atoms with Gasteiger partial charge in [-0.3, -0.25) is 4.79 Å². The van der Waals surface area contributed by atoms with Crippen molar-refractivity contribution in [1.29, 1.82) is 0 Å². The van der Waals surface area contributed by atoms with Gasteiger partial charge in [-0.25, -0.2) is 4.68 Å². The van der Waals surface area contributed by atoms with Crippen molar-refractivity contribution in [3.63, 3.8) is 0 Å². The van der Waals surface area contributed by atoms with E-state index in [1.54, 1.807) is 10.9 Å². The summed E-state index contributed by atoms with van der Waals surface area (Å²) < 4.78 is 1.66. The predicted octanol–water partition coefficient (Wildman–Crippen LogP) is 2.12. The molecule has 1 aliphatic rings. The van der Waals surface area contributed by atoms with Crippen molar-refractivity contribution in [1.82, 2.24) is 19.9 Å². The highest BCUT2D eigenvalue weighted by Gasteiger charge is 2.22. The molecular weight excluding hydrogens is 252 g/mol. The van der Waals surface area contributed by atoms with Gasteiger partial charge in [-0.2, -0.15) is 0 Å². The molecular formula is C15H18N4O. The van der Waals surface area contributed by atoms with Gasteiger partial charge < -0.3 is 4.90 Å². The van der Waals surface area contributed by atoms with E-state index in [0.29, 0.717) is 5.69 Å². The molecule has 20 heavy (non-hydrogen) atoms. The lowest BCUT2D eigenvalue weighted by atomic mass is 10.1. The van der Waals surface area contributed by atoms with Gasteiger partial charge in [-0.1, -0.05) is 11.3 Å². The van der Waals surface area contributed by atoms with Gasteiger partial charge in [0, 0.05) is 13.1 Å². The summed E-state index contributed by atoms with van der Waals surface area (Å²) in [5, 5.41) is 8.08. The number of hydrogen-bond donors (Lipinski definition) is 0. The summed E-state index contributed by atoms with van der Waals surface area (Å²) >= 11 is 0. The molecule has 5 nitrogen and oxygen atoms in total. The van der Waals surface area contributed by atoms with E-state index in [9.17, 15) is 4.79 Å². The molecule has 104 valence electrons. The fraction of sp³-hybridized carbons (Fsp3) is 0.400. The molecule has 0 spiro atoms. The minimum Gasteiger partial charge on any atom is -0.337 e. The molecule has 2 aromatic rings. The average molecular weight is 270 g/mol. The highest BCUT2D eigenvalue weighted by Crippen LogP contribution is 2.15. The van der Waals surface area contributed by atoms with E-state index < -0.39 is 0 Å². The molecule has 1 fully saturated rings. The molecule has 0 saturated carbocycles. The van der Waals surface area contributed by atoms with Crippen molar-refractivity contribution in [2.24, 2.45) is 0 Å². The molecule has 0 radical (unpaired) electrons. The summed E-state index contributed by atoms with van der Waals surface area (Å²) in [4.78, 5) is 14.1. The Balaban J connectivity index is 1.85. The Labute approximate surface area is 118 Å². The molecule has 1 amide bonds. The Morgan fingerprint density at radius 3 is 2.60 bits per heavy atom. The quantitative estimate of drug-likeness (QED) is 0.840. The molecule has 0 atom stereocenters. The van der Waals surface area contributed by atoms with Crippen LogP contribution < -0.4 is 0 Å². The van der Waals surface area contributed by atoms with Crippen LogP contribution in [0.15, 0.2) is 24.4 Å². The van der Waals surface area contributed by atoms with Crippen molar-refractivity contribution >= 4 is 5.91 Å². The van der Waals surface area contributed by atoms with Crippen LogP contribution in [-0.4, -0.2) is 38.9 Å². The highest BCUT2D eigenvalue weighted by atomic mass is 16.2. The first-order valence-corrected chi connectivity index (χ1v) is 6.94. The van der Waals surface area contributed by atoms with Gasteiger partial charge in [0.15, 0.2) is 5.69 Å². The van der Waals surface area contributed by atoms with Crippen molar-refractivity contribution in [2.45, 2.75) is 26.7 Å². The molecule has 3 rings (SSSR count). The second kappa shape index (κ2) is 5.07. The topological polar surface area (TPSA) is 51.0 Å². The molecule has 0 bridgehead atoms. The van der Waals surface area contributed by atoms with Gasteiger partial charge in [0.2, 0.25) is 0 Å². The monoisotopic (exact) mass is 270 g/mol. The largest absolute Gasteiger partial charge is 0.337 e. The normalized spacial score (nSPS) is 14.8. The molecule has 1 aliphatic heterocycles. The minimum absolute atomic E-state index is 0.0161. The predicted molar refractivity (Wildman–Crippen MR) is 76.0 cm³/mol. The second-order valence-electron chi connectivity index (χ2n) is 5.32. The maximum absolute atomic E-state index is 12.2. The smallest absolute Gasteiger partial charge is 0.276 e. The fourth-order valence-electron chi connectivity index (χ4n) is 2.44. The zero-order valence-corrected chi connectivity index (χ0v) is 11.8. The number of aryl methyl sites for hydroxylation is 2. The lowest BCUT2D eigenvalue weighted by Gasteiger charge is -2.12. The number of rotatable bonds is 2. The number of amides is 1. The number of nitrogens with zero attached hydrogens (tertiary/aromatic N) is 4. The van der Waals surface area contributed by atoms with E-state index in [1.165, 1.54) is 11.1 Å². The van der Waals surface area contributed by atoms with Gasteiger partial charge in [0.25, 0.3) is 5.91 Å². The number of benzene rings is 1. The number of likely N-dealkylation sites (tertiary alicyclic amines) is 1. The summed E-state index contributed by atoms with van der Waals surface area (Å²) in [6.45, 7) is 5.79. The first kappa shape index (κ1) is 12.8. The van der Waals surface area contributed by atoms with Gasteiger partial charge in [0.05, 0.1) is 11.9 Å². The van der Waals surface area contributed by atoms with Crippen LogP contribution in [0.2, 0.25) is 0 Å². The third-order valence-electron chi connectivity index (χ3n) is 3.86. The van der Waals surface area contributed by atoms with Crippen LogP contribution in [0.4, 0.5) is 0 Å². The molecule has 2 heterocycles. The van der Waals surface area contributed by atoms with Crippen molar-refractivity contribution < 1.29 is 4.79 Å². The van der Waals surface area contributed by atoms with Crippen LogP contribution >= 0.6 is 0 Å². The van der Waals surface area contributed by atoms with Crippen molar-refractivity contribution in [3.8, 4) is 5.69 Å². The Morgan fingerprint density at radius 2 is 1.90 bits per heavy atom. The lowest BCUT2D eigenvalue weighted by molar-refractivity contribution is 0.0787. The number of hydrogen-bond acceptors (Lipinski definition) is 3. The SMILES string of the molecule is Cc1ccc(-n2cc(C(=O)N3CCCC3)nn2)cc1C. The molecule has 1 aromatic heterocycles. The van der Waals surface area contributed by atoms with E-state index in [-0.39, 0.29) is 5.91 Å². The third kappa shape index (κ3) is 2.31. The Hall–Kier alpha value is -2.17. The zero-order valence-electron chi connectivity index (χ0n) is 11.8. The van der Waals surface area contributed by atoms with E-state index in [4.69, 9.17) is 0 Å². The third-order valence-corrected chi connectivity index (χ3v) is 3.86. The molecule has 1 aromatic carbocycles. The maximum Gasteiger partial charge on any atom is 0.276 e. The fourth-order valence-corrected chi connectivity index (χ4v) is 2.44. The van der Waals surface area contributed by atoms with Gasteiger partial charge in [0.1, 0.15) is 0 Å². The standard InChI is InChI=1S/C15H18N4O/c1-11-5-6-13(9-12(11)2)19-10-14(16-17-19)15(20)18-7-3-4-8-18/h5-6,9-10H,3-4,7-8H2,1-2H3. The highest BCUT2D eigenvalue weighted by molar-refractivity contribution is 5.92. The molecule has 1 saturated heterocycles. The summed E-state index contributed by atoms with van der Waals surface area (Å²) in [5.41, 5.74) is 3.79. The van der Waals surface area contributed by atoms with E-state index in [0.717, 1.165) is 31.6 Å². The number of aromatic nitrogens is 3. The molecule has 5 heteroatoms. The Kier molecular flexibility index (Phi) is 3.26. The molecule has 0 aliphatic carbocycles. The maximum atomic E-state index is 12.2. The lowest BCUT2D eigenvalue weighted by Crippen LogP contribution is -2.27. The first-order chi connectivity index (χ1) is 9.65. The summed E-state index contributed by atoms with van der Waals surface area (Å²) in [6.07, 6.45) is 3.87. The Morgan fingerprint density at radius 1 is 1.15 bits per heavy atom. The van der Waals surface area contributed by atoms with Crippen LogP contribution in [0.3, 0.4) is 0 Å². The van der Waals surface area contributed by atoms with Crippen LogP contribution in [-0.2, 0) is 0 Å². The van der Waals surface area contributed by atoms with E-state index in [2.05, 4.69) is 24.2 Å². The van der Waals surface area contributed by atoms with Gasteiger partial charge in [-0.15, -0.1) is 5.10 Å². The van der Waals surface area contributed by atoms with Crippen LogP contribution in [0, 0.1) is 13.8 Å². The second-order valence-corrected chi connectivity index (χ2v) is 5.32. The summed E-state index contributed by atoms with van der Waals surface area (Å²) in [7, 11) is 0. The first-order valence-electron chi connectivity index (χ1n) is 6.94. The molecule has 0 unspecified atom stereocenters. The van der Waals surface area contributed by atoms with Gasteiger partial charge >= 0.3 is 0 Å². The van der Waals surface area contributed by atoms with Crippen LogP contribution in [0.1, 0.15) is 34.5 Å². The number of carbonyl (C=O) groups excluding carboxylic acids is 1. The summed E-state index contributed by atoms with van der Waals surface area (Å²) in [6, 6.07) is 6.09. The van der Waals surface area contributed by atoms with E-state index >= 15 is 0 Å². The average Bonchev–Trinajstić information content (AvgIpc) is 3.11. The Bertz CT molecular complexity index is 641. The van der Waals surface area contributed by atoms with Crippen molar-refractivity contribution in [3.05, 3.63) is 41.2 Å². The minimum atomic E-state index is -0.0161. The van der Waals surface area contributed by atoms with Crippen LogP contribution in [0.5, 0.6) is 0 Å². The molecule has 0 N–H and O–H groups in total. The zero-order chi connectivity index (χ0) is 14.1. The van der Waals surface area contributed by atoms with E-state index in [1.807, 2.05) is 23.1 Å². The van der Waals surface area contributed by atoms with Gasteiger partial charge in [-0.05, 0) is 49.9 Å². The van der Waals surface area contributed by atoms with Crippen molar-refractivity contribution in [2.75, 3.05) is 13.1 Å². The number of carbonyl (C=O) groups is 1. The van der Waals surface area contributed by atoms with Crippen LogP contribution in [0.25, 0.3) is 5.69 Å².